The predicted molar refractivity (Wildman–Crippen MR) is 64.7 cm³/mol. The summed E-state index contributed by atoms with van der Waals surface area (Å²) >= 11 is 0. The molecule has 2 aliphatic heterocycles. The minimum Gasteiger partial charge on any atom is -0.380 e. The molecule has 2 rings (SSSR count). The summed E-state index contributed by atoms with van der Waals surface area (Å²) in [5.41, 5.74) is 5.64. The lowest BCUT2D eigenvalue weighted by Gasteiger charge is -2.34. The standard InChI is InChI=1S/C10H21N3O3S/c11-7-10-3-1-2-5-13(10)17(14,15)12-9-4-6-16-8-9/h9-10,12H,1-8,11H2. The molecule has 0 spiro atoms. The normalized spacial score (nSPS) is 31.8. The van der Waals surface area contributed by atoms with Gasteiger partial charge in [0.1, 0.15) is 0 Å². The van der Waals surface area contributed by atoms with Crippen molar-refractivity contribution in [3.05, 3.63) is 0 Å². The highest BCUT2D eigenvalue weighted by atomic mass is 32.2. The fourth-order valence-corrected chi connectivity index (χ4v) is 4.13. The lowest BCUT2D eigenvalue weighted by molar-refractivity contribution is 0.191. The van der Waals surface area contributed by atoms with Crippen molar-refractivity contribution in [3.63, 3.8) is 0 Å². The van der Waals surface area contributed by atoms with E-state index in [9.17, 15) is 8.42 Å². The van der Waals surface area contributed by atoms with E-state index < -0.39 is 10.2 Å². The Hall–Kier alpha value is -0.210. The number of hydrogen-bond acceptors (Lipinski definition) is 4. The summed E-state index contributed by atoms with van der Waals surface area (Å²) in [7, 11) is -3.40. The Morgan fingerprint density at radius 3 is 2.82 bits per heavy atom. The van der Waals surface area contributed by atoms with Gasteiger partial charge in [-0.05, 0) is 19.3 Å². The SMILES string of the molecule is NCC1CCCCN1S(=O)(=O)NC1CCOC1. The Morgan fingerprint density at radius 2 is 2.18 bits per heavy atom. The van der Waals surface area contributed by atoms with Crippen LogP contribution in [0, 0.1) is 0 Å². The molecule has 0 saturated carbocycles. The first kappa shape index (κ1) is 13.2. The molecule has 2 unspecified atom stereocenters. The van der Waals surface area contributed by atoms with E-state index in [-0.39, 0.29) is 12.1 Å². The molecule has 0 aromatic rings. The van der Waals surface area contributed by atoms with Gasteiger partial charge < -0.3 is 10.5 Å². The van der Waals surface area contributed by atoms with Crippen LogP contribution in [0.2, 0.25) is 0 Å². The van der Waals surface area contributed by atoms with Crippen molar-refractivity contribution in [2.24, 2.45) is 5.73 Å². The number of nitrogens with one attached hydrogen (secondary N) is 1. The second kappa shape index (κ2) is 5.62. The Morgan fingerprint density at radius 1 is 1.35 bits per heavy atom. The average molecular weight is 263 g/mol. The number of hydrogen-bond donors (Lipinski definition) is 2. The zero-order valence-electron chi connectivity index (χ0n) is 9.97. The van der Waals surface area contributed by atoms with Gasteiger partial charge in [0.15, 0.2) is 0 Å². The van der Waals surface area contributed by atoms with E-state index in [2.05, 4.69) is 4.72 Å². The maximum Gasteiger partial charge on any atom is 0.280 e. The molecular formula is C10H21N3O3S. The lowest BCUT2D eigenvalue weighted by Crippen LogP contribution is -2.53. The molecule has 17 heavy (non-hydrogen) atoms. The fourth-order valence-electron chi connectivity index (χ4n) is 2.43. The van der Waals surface area contributed by atoms with Crippen LogP contribution in [0.25, 0.3) is 0 Å². The van der Waals surface area contributed by atoms with Gasteiger partial charge in [0, 0.05) is 31.8 Å². The topological polar surface area (TPSA) is 84.7 Å². The van der Waals surface area contributed by atoms with Gasteiger partial charge in [-0.15, -0.1) is 0 Å². The van der Waals surface area contributed by atoms with Crippen LogP contribution in [-0.4, -0.2) is 51.1 Å². The third-order valence-electron chi connectivity index (χ3n) is 3.40. The molecule has 2 fully saturated rings. The minimum atomic E-state index is -3.40. The Bertz CT molecular complexity index is 341. The summed E-state index contributed by atoms with van der Waals surface area (Å²) in [5.74, 6) is 0. The molecule has 100 valence electrons. The van der Waals surface area contributed by atoms with Crippen molar-refractivity contribution >= 4 is 10.2 Å². The quantitative estimate of drug-likeness (QED) is 0.711. The molecule has 2 atom stereocenters. The van der Waals surface area contributed by atoms with Crippen LogP contribution >= 0.6 is 0 Å². The van der Waals surface area contributed by atoms with Gasteiger partial charge in [-0.3, -0.25) is 0 Å². The molecular weight excluding hydrogens is 242 g/mol. The highest BCUT2D eigenvalue weighted by Crippen LogP contribution is 2.19. The number of rotatable bonds is 4. The second-order valence-electron chi connectivity index (χ2n) is 4.68. The minimum absolute atomic E-state index is 0.0522. The van der Waals surface area contributed by atoms with E-state index in [1.54, 1.807) is 0 Å². The van der Waals surface area contributed by atoms with Crippen LogP contribution in [0.3, 0.4) is 0 Å². The molecule has 2 heterocycles. The Balaban J connectivity index is 2.01. The van der Waals surface area contributed by atoms with Crippen LogP contribution < -0.4 is 10.5 Å². The van der Waals surface area contributed by atoms with E-state index in [0.717, 1.165) is 25.7 Å². The number of piperidine rings is 1. The largest absolute Gasteiger partial charge is 0.380 e. The summed E-state index contributed by atoms with van der Waals surface area (Å²) in [5, 5.41) is 0. The Kier molecular flexibility index (Phi) is 4.37. The molecule has 0 amide bonds. The molecule has 2 saturated heterocycles. The van der Waals surface area contributed by atoms with Crippen LogP contribution in [0.1, 0.15) is 25.7 Å². The highest BCUT2D eigenvalue weighted by molar-refractivity contribution is 7.87. The monoisotopic (exact) mass is 263 g/mol. The summed E-state index contributed by atoms with van der Waals surface area (Å²) in [6, 6.07) is -0.135. The van der Waals surface area contributed by atoms with E-state index in [1.165, 1.54) is 4.31 Å². The molecule has 0 radical (unpaired) electrons. The molecule has 2 aliphatic rings. The van der Waals surface area contributed by atoms with Crippen molar-refractivity contribution in [2.45, 2.75) is 37.8 Å². The summed E-state index contributed by atoms with van der Waals surface area (Å²) in [6.07, 6.45) is 3.58. The van der Waals surface area contributed by atoms with Crippen molar-refractivity contribution in [1.82, 2.24) is 9.03 Å². The third kappa shape index (κ3) is 3.17. The Labute approximate surface area is 103 Å². The van der Waals surface area contributed by atoms with Crippen LogP contribution in [0.5, 0.6) is 0 Å². The smallest absolute Gasteiger partial charge is 0.280 e. The highest BCUT2D eigenvalue weighted by Gasteiger charge is 2.33. The van der Waals surface area contributed by atoms with Crippen molar-refractivity contribution in [1.29, 1.82) is 0 Å². The van der Waals surface area contributed by atoms with Crippen molar-refractivity contribution in [2.75, 3.05) is 26.3 Å². The maximum absolute atomic E-state index is 12.2. The van der Waals surface area contributed by atoms with Gasteiger partial charge in [-0.25, -0.2) is 0 Å². The first-order valence-electron chi connectivity index (χ1n) is 6.20. The van der Waals surface area contributed by atoms with E-state index in [1.807, 2.05) is 0 Å². The zero-order valence-corrected chi connectivity index (χ0v) is 10.8. The predicted octanol–water partition coefficient (Wildman–Crippen LogP) is -0.577. The van der Waals surface area contributed by atoms with Crippen molar-refractivity contribution < 1.29 is 13.2 Å². The van der Waals surface area contributed by atoms with E-state index in [4.69, 9.17) is 10.5 Å². The fraction of sp³-hybridized carbons (Fsp3) is 1.00. The number of ether oxygens (including phenoxy) is 1. The molecule has 3 N–H and O–H groups in total. The average Bonchev–Trinajstić information content (AvgIpc) is 2.81. The summed E-state index contributed by atoms with van der Waals surface area (Å²) < 4.78 is 33.8. The zero-order chi connectivity index (χ0) is 12.3. The summed E-state index contributed by atoms with van der Waals surface area (Å²) in [4.78, 5) is 0. The number of nitrogens with zero attached hydrogens (tertiary/aromatic N) is 1. The molecule has 0 aromatic heterocycles. The van der Waals surface area contributed by atoms with Gasteiger partial charge in [-0.2, -0.15) is 17.4 Å². The first-order chi connectivity index (χ1) is 8.13. The molecule has 6 nitrogen and oxygen atoms in total. The molecule has 7 heteroatoms. The van der Waals surface area contributed by atoms with Gasteiger partial charge >= 0.3 is 0 Å². The maximum atomic E-state index is 12.2. The lowest BCUT2D eigenvalue weighted by atomic mass is 10.1. The van der Waals surface area contributed by atoms with Crippen molar-refractivity contribution in [3.8, 4) is 0 Å². The molecule has 0 aliphatic carbocycles. The molecule has 0 aromatic carbocycles. The second-order valence-corrected chi connectivity index (χ2v) is 6.33. The van der Waals surface area contributed by atoms with Gasteiger partial charge in [-0.1, -0.05) is 6.42 Å². The van der Waals surface area contributed by atoms with Crippen LogP contribution in [0.4, 0.5) is 0 Å². The van der Waals surface area contributed by atoms with E-state index >= 15 is 0 Å². The van der Waals surface area contributed by atoms with E-state index in [0.29, 0.717) is 26.3 Å². The van der Waals surface area contributed by atoms with Gasteiger partial charge in [0.2, 0.25) is 0 Å². The van der Waals surface area contributed by atoms with Crippen LogP contribution in [0.15, 0.2) is 0 Å². The van der Waals surface area contributed by atoms with Crippen LogP contribution in [-0.2, 0) is 14.9 Å². The first-order valence-corrected chi connectivity index (χ1v) is 7.64. The van der Waals surface area contributed by atoms with Gasteiger partial charge in [0.05, 0.1) is 6.61 Å². The summed E-state index contributed by atoms with van der Waals surface area (Å²) in [6.45, 7) is 2.07. The van der Waals surface area contributed by atoms with Gasteiger partial charge in [0.25, 0.3) is 10.2 Å². The molecule has 0 bridgehead atoms. The third-order valence-corrected chi connectivity index (χ3v) is 5.13. The number of nitrogens with two attached hydrogens (primary N) is 1.